The zero-order valence-corrected chi connectivity index (χ0v) is 9.82. The third-order valence-corrected chi connectivity index (χ3v) is 2.31. The molecule has 0 fully saturated rings. The van der Waals surface area contributed by atoms with E-state index in [0.717, 1.165) is 11.3 Å². The SMILES string of the molecule is Cc1ccc(CNc2cc(=O)[nH]c(C)n2)cn1. The fourth-order valence-electron chi connectivity index (χ4n) is 1.47. The minimum Gasteiger partial charge on any atom is -0.366 e. The van der Waals surface area contributed by atoms with Crippen molar-refractivity contribution in [2.24, 2.45) is 0 Å². The molecule has 0 spiro atoms. The number of nitrogens with one attached hydrogen (secondary N) is 2. The van der Waals surface area contributed by atoms with Crippen LogP contribution in [0.4, 0.5) is 5.82 Å². The van der Waals surface area contributed by atoms with E-state index < -0.39 is 0 Å². The molecule has 0 bridgehead atoms. The smallest absolute Gasteiger partial charge is 0.252 e. The van der Waals surface area contributed by atoms with Crippen LogP contribution in [0.3, 0.4) is 0 Å². The van der Waals surface area contributed by atoms with Crippen LogP contribution in [0.25, 0.3) is 0 Å². The van der Waals surface area contributed by atoms with E-state index in [0.29, 0.717) is 18.2 Å². The van der Waals surface area contributed by atoms with Crippen LogP contribution in [0, 0.1) is 13.8 Å². The molecule has 5 nitrogen and oxygen atoms in total. The number of anilines is 1. The first-order chi connectivity index (χ1) is 8.13. The van der Waals surface area contributed by atoms with Crippen LogP contribution in [0.5, 0.6) is 0 Å². The zero-order chi connectivity index (χ0) is 12.3. The van der Waals surface area contributed by atoms with Gasteiger partial charge in [0.15, 0.2) is 0 Å². The average Bonchev–Trinajstić information content (AvgIpc) is 2.27. The summed E-state index contributed by atoms with van der Waals surface area (Å²) in [5.41, 5.74) is 1.89. The Bertz CT molecular complexity index is 559. The predicted octanol–water partition coefficient (Wildman–Crippen LogP) is 1.39. The summed E-state index contributed by atoms with van der Waals surface area (Å²) < 4.78 is 0. The van der Waals surface area contributed by atoms with Gasteiger partial charge in [-0.1, -0.05) is 6.07 Å². The molecule has 2 heterocycles. The maximum Gasteiger partial charge on any atom is 0.252 e. The Kier molecular flexibility index (Phi) is 3.18. The summed E-state index contributed by atoms with van der Waals surface area (Å²) in [7, 11) is 0. The Balaban J connectivity index is 2.07. The molecule has 0 radical (unpaired) electrons. The third kappa shape index (κ3) is 3.14. The normalized spacial score (nSPS) is 10.2. The highest BCUT2D eigenvalue weighted by Crippen LogP contribution is 2.04. The lowest BCUT2D eigenvalue weighted by molar-refractivity contribution is 0.992. The molecule has 0 unspecified atom stereocenters. The fourth-order valence-corrected chi connectivity index (χ4v) is 1.47. The lowest BCUT2D eigenvalue weighted by atomic mass is 10.2. The van der Waals surface area contributed by atoms with Crippen molar-refractivity contribution in [1.29, 1.82) is 0 Å². The minimum atomic E-state index is -0.151. The number of nitrogens with zero attached hydrogens (tertiary/aromatic N) is 2. The summed E-state index contributed by atoms with van der Waals surface area (Å²) >= 11 is 0. The quantitative estimate of drug-likeness (QED) is 0.836. The van der Waals surface area contributed by atoms with Gasteiger partial charge in [-0.15, -0.1) is 0 Å². The van der Waals surface area contributed by atoms with Crippen LogP contribution in [0.2, 0.25) is 0 Å². The van der Waals surface area contributed by atoms with Gasteiger partial charge in [-0.3, -0.25) is 9.78 Å². The fraction of sp³-hybridized carbons (Fsp3) is 0.250. The van der Waals surface area contributed by atoms with Gasteiger partial charge >= 0.3 is 0 Å². The van der Waals surface area contributed by atoms with Crippen LogP contribution in [-0.2, 0) is 6.54 Å². The summed E-state index contributed by atoms with van der Waals surface area (Å²) in [6.07, 6.45) is 1.81. The van der Waals surface area contributed by atoms with Crippen LogP contribution < -0.4 is 10.9 Å². The first-order valence-corrected chi connectivity index (χ1v) is 5.37. The molecular weight excluding hydrogens is 216 g/mol. The molecular formula is C12H14N4O. The van der Waals surface area contributed by atoms with E-state index in [1.807, 2.05) is 25.3 Å². The number of pyridine rings is 1. The molecule has 5 heteroatoms. The lowest BCUT2D eigenvalue weighted by Gasteiger charge is -2.05. The van der Waals surface area contributed by atoms with E-state index in [1.54, 1.807) is 6.92 Å². The van der Waals surface area contributed by atoms with Gasteiger partial charge in [-0.05, 0) is 25.5 Å². The number of aryl methyl sites for hydroxylation is 2. The van der Waals surface area contributed by atoms with Crippen molar-refractivity contribution in [3.05, 3.63) is 51.8 Å². The van der Waals surface area contributed by atoms with Gasteiger partial charge in [0, 0.05) is 24.5 Å². The number of aromatic nitrogens is 3. The highest BCUT2D eigenvalue weighted by Gasteiger charge is 1.98. The molecule has 2 aromatic rings. The van der Waals surface area contributed by atoms with Gasteiger partial charge in [0.1, 0.15) is 11.6 Å². The van der Waals surface area contributed by atoms with Crippen molar-refractivity contribution in [2.45, 2.75) is 20.4 Å². The largest absolute Gasteiger partial charge is 0.366 e. The molecule has 0 aliphatic carbocycles. The molecule has 0 aliphatic heterocycles. The maximum atomic E-state index is 11.2. The number of aromatic amines is 1. The Labute approximate surface area is 99.0 Å². The first-order valence-electron chi connectivity index (χ1n) is 5.37. The van der Waals surface area contributed by atoms with Gasteiger partial charge in [0.05, 0.1) is 0 Å². The Morgan fingerprint density at radius 3 is 2.82 bits per heavy atom. The lowest BCUT2D eigenvalue weighted by Crippen LogP contribution is -2.11. The monoisotopic (exact) mass is 230 g/mol. The van der Waals surface area contributed by atoms with Gasteiger partial charge in [-0.2, -0.15) is 0 Å². The van der Waals surface area contributed by atoms with E-state index in [4.69, 9.17) is 0 Å². The van der Waals surface area contributed by atoms with Gasteiger partial charge in [0.2, 0.25) is 0 Å². The van der Waals surface area contributed by atoms with Crippen molar-refractivity contribution >= 4 is 5.82 Å². The molecule has 0 aromatic carbocycles. The standard InChI is InChI=1S/C12H14N4O/c1-8-3-4-10(6-13-8)7-14-11-5-12(17)16-9(2)15-11/h3-6H,7H2,1-2H3,(H2,14,15,16,17). The van der Waals surface area contributed by atoms with Gasteiger partial charge in [0.25, 0.3) is 5.56 Å². The molecule has 2 N–H and O–H groups in total. The van der Waals surface area contributed by atoms with Gasteiger partial charge in [-0.25, -0.2) is 4.98 Å². The van der Waals surface area contributed by atoms with Crippen molar-refractivity contribution < 1.29 is 0 Å². The second-order valence-corrected chi connectivity index (χ2v) is 3.88. The Morgan fingerprint density at radius 2 is 2.18 bits per heavy atom. The second kappa shape index (κ2) is 4.78. The summed E-state index contributed by atoms with van der Waals surface area (Å²) in [6.45, 7) is 4.29. The van der Waals surface area contributed by atoms with Crippen molar-refractivity contribution in [2.75, 3.05) is 5.32 Å². The average molecular weight is 230 g/mol. The summed E-state index contributed by atoms with van der Waals surface area (Å²) in [6, 6.07) is 5.39. The molecule has 88 valence electrons. The van der Waals surface area contributed by atoms with Crippen LogP contribution >= 0.6 is 0 Å². The minimum absolute atomic E-state index is 0.151. The van der Waals surface area contributed by atoms with Crippen molar-refractivity contribution in [3.63, 3.8) is 0 Å². The molecule has 0 amide bonds. The molecule has 2 rings (SSSR count). The number of H-pyrrole nitrogens is 1. The van der Waals surface area contributed by atoms with E-state index in [9.17, 15) is 4.79 Å². The summed E-state index contributed by atoms with van der Waals surface area (Å²) in [5, 5.41) is 3.09. The summed E-state index contributed by atoms with van der Waals surface area (Å²) in [4.78, 5) is 22.2. The summed E-state index contributed by atoms with van der Waals surface area (Å²) in [5.74, 6) is 1.17. The number of hydrogen-bond donors (Lipinski definition) is 2. The zero-order valence-electron chi connectivity index (χ0n) is 9.82. The number of rotatable bonds is 3. The molecule has 0 saturated heterocycles. The Morgan fingerprint density at radius 1 is 1.35 bits per heavy atom. The van der Waals surface area contributed by atoms with E-state index >= 15 is 0 Å². The van der Waals surface area contributed by atoms with Crippen LogP contribution in [0.1, 0.15) is 17.1 Å². The molecule has 0 aliphatic rings. The number of hydrogen-bond acceptors (Lipinski definition) is 4. The van der Waals surface area contributed by atoms with Gasteiger partial charge < -0.3 is 10.3 Å². The molecule has 0 saturated carbocycles. The highest BCUT2D eigenvalue weighted by atomic mass is 16.1. The van der Waals surface area contributed by atoms with E-state index in [-0.39, 0.29) is 5.56 Å². The van der Waals surface area contributed by atoms with E-state index in [2.05, 4.69) is 20.3 Å². The second-order valence-electron chi connectivity index (χ2n) is 3.88. The van der Waals surface area contributed by atoms with Crippen LogP contribution in [-0.4, -0.2) is 15.0 Å². The highest BCUT2D eigenvalue weighted by molar-refractivity contribution is 5.34. The third-order valence-electron chi connectivity index (χ3n) is 2.31. The Hall–Kier alpha value is -2.17. The maximum absolute atomic E-state index is 11.2. The molecule has 2 aromatic heterocycles. The van der Waals surface area contributed by atoms with Crippen molar-refractivity contribution in [3.8, 4) is 0 Å². The van der Waals surface area contributed by atoms with Crippen molar-refractivity contribution in [1.82, 2.24) is 15.0 Å². The first kappa shape index (κ1) is 11.3. The predicted molar refractivity (Wildman–Crippen MR) is 65.9 cm³/mol. The molecule has 17 heavy (non-hydrogen) atoms. The van der Waals surface area contributed by atoms with Crippen LogP contribution in [0.15, 0.2) is 29.2 Å². The molecule has 0 atom stereocenters. The van der Waals surface area contributed by atoms with E-state index in [1.165, 1.54) is 6.07 Å². The topological polar surface area (TPSA) is 70.7 Å².